The van der Waals surface area contributed by atoms with Crippen molar-refractivity contribution >= 4 is 24.3 Å². The molecule has 0 saturated heterocycles. The molecule has 122 valence electrons. The molecule has 1 amide bonds. The molecule has 2 aliphatic carbocycles. The summed E-state index contributed by atoms with van der Waals surface area (Å²) in [7, 11) is 1.78. The van der Waals surface area contributed by atoms with Crippen molar-refractivity contribution in [1.29, 1.82) is 0 Å². The van der Waals surface area contributed by atoms with Crippen LogP contribution in [-0.2, 0) is 9.59 Å². The number of carbonyl (C=O) groups is 2. The summed E-state index contributed by atoms with van der Waals surface area (Å²) in [5, 5.41) is 11.7. The maximum absolute atomic E-state index is 12.0. The van der Waals surface area contributed by atoms with E-state index in [1.54, 1.807) is 11.9 Å². The molecule has 2 rings (SSSR count). The summed E-state index contributed by atoms with van der Waals surface area (Å²) in [6, 6.07) is 0.241. The van der Waals surface area contributed by atoms with Gasteiger partial charge >= 0.3 is 5.97 Å². The van der Waals surface area contributed by atoms with Crippen LogP contribution >= 0.6 is 12.4 Å². The van der Waals surface area contributed by atoms with E-state index in [0.29, 0.717) is 12.5 Å². The number of hydrogen-bond acceptors (Lipinski definition) is 3. The lowest BCUT2D eigenvalue weighted by molar-refractivity contribution is -0.137. The van der Waals surface area contributed by atoms with Gasteiger partial charge in [-0.05, 0) is 51.0 Å². The zero-order valence-electron chi connectivity index (χ0n) is 12.9. The number of fused-ring (bicyclic) bond motifs is 2. The van der Waals surface area contributed by atoms with Crippen LogP contribution in [0.15, 0.2) is 0 Å². The maximum Gasteiger partial charge on any atom is 0.304 e. The highest BCUT2D eigenvalue weighted by Gasteiger charge is 2.42. The molecule has 5 nitrogen and oxygen atoms in total. The van der Waals surface area contributed by atoms with Gasteiger partial charge < -0.3 is 10.4 Å². The molecule has 21 heavy (non-hydrogen) atoms. The number of carboxylic acid groups (broad SMARTS) is 1. The quantitative estimate of drug-likeness (QED) is 0.750. The number of hydrogen-bond donors (Lipinski definition) is 2. The summed E-state index contributed by atoms with van der Waals surface area (Å²) < 4.78 is 0. The first-order valence-corrected chi connectivity index (χ1v) is 7.65. The minimum Gasteiger partial charge on any atom is -0.481 e. The summed E-state index contributed by atoms with van der Waals surface area (Å²) in [5.41, 5.74) is 0. The highest BCUT2D eigenvalue weighted by Crippen LogP contribution is 2.49. The average molecular weight is 319 g/mol. The monoisotopic (exact) mass is 318 g/mol. The van der Waals surface area contributed by atoms with Gasteiger partial charge in [0.25, 0.3) is 0 Å². The summed E-state index contributed by atoms with van der Waals surface area (Å²) in [6.45, 7) is 2.80. The second-order valence-electron chi connectivity index (χ2n) is 6.58. The number of carboxylic acids is 1. The number of nitrogens with zero attached hydrogens (tertiary/aromatic N) is 1. The largest absolute Gasteiger partial charge is 0.481 e. The fraction of sp³-hybridized carbons (Fsp3) is 0.867. The summed E-state index contributed by atoms with van der Waals surface area (Å²) in [6.07, 6.45) is 5.39. The van der Waals surface area contributed by atoms with Gasteiger partial charge in [-0.25, -0.2) is 0 Å². The molecular formula is C15H27ClN2O3. The number of carbonyl (C=O) groups excluding carboxylic acids is 1. The van der Waals surface area contributed by atoms with Crippen LogP contribution in [0.5, 0.6) is 0 Å². The Balaban J connectivity index is 0.00000220. The molecule has 2 saturated carbocycles. The van der Waals surface area contributed by atoms with Crippen LogP contribution < -0.4 is 5.32 Å². The van der Waals surface area contributed by atoms with Crippen molar-refractivity contribution in [3.8, 4) is 0 Å². The first-order valence-electron chi connectivity index (χ1n) is 7.65. The number of nitrogens with one attached hydrogen (secondary N) is 1. The highest BCUT2D eigenvalue weighted by molar-refractivity contribution is 5.85. The Hall–Kier alpha value is -0.810. The molecule has 2 fully saturated rings. The predicted octanol–water partition coefficient (Wildman–Crippen LogP) is 1.76. The van der Waals surface area contributed by atoms with E-state index in [9.17, 15) is 9.59 Å². The van der Waals surface area contributed by atoms with Gasteiger partial charge in [0.1, 0.15) is 0 Å². The molecular weight excluding hydrogens is 292 g/mol. The van der Waals surface area contributed by atoms with Crippen LogP contribution in [0.1, 0.15) is 39.0 Å². The molecule has 0 aliphatic heterocycles. The van der Waals surface area contributed by atoms with Crippen molar-refractivity contribution in [2.45, 2.75) is 45.1 Å². The van der Waals surface area contributed by atoms with Gasteiger partial charge in [0.15, 0.2) is 0 Å². The minimum atomic E-state index is -0.826. The predicted molar refractivity (Wildman–Crippen MR) is 83.5 cm³/mol. The first-order chi connectivity index (χ1) is 9.45. The van der Waals surface area contributed by atoms with E-state index in [0.717, 1.165) is 11.8 Å². The van der Waals surface area contributed by atoms with Crippen molar-refractivity contribution in [2.75, 3.05) is 20.1 Å². The summed E-state index contributed by atoms with van der Waals surface area (Å²) in [5.74, 6) is 1.52. The smallest absolute Gasteiger partial charge is 0.304 e. The van der Waals surface area contributed by atoms with Crippen LogP contribution in [0.3, 0.4) is 0 Å². The summed E-state index contributed by atoms with van der Waals surface area (Å²) in [4.78, 5) is 24.2. The van der Waals surface area contributed by atoms with Gasteiger partial charge in [0.2, 0.25) is 5.91 Å². The lowest BCUT2D eigenvalue weighted by Crippen LogP contribution is -2.44. The lowest BCUT2D eigenvalue weighted by Gasteiger charge is -2.29. The van der Waals surface area contributed by atoms with Gasteiger partial charge in [0.05, 0.1) is 13.0 Å². The molecule has 0 aromatic carbocycles. The van der Waals surface area contributed by atoms with Crippen molar-refractivity contribution in [2.24, 2.45) is 17.8 Å². The Morgan fingerprint density at radius 1 is 1.33 bits per heavy atom. The molecule has 4 unspecified atom stereocenters. The van der Waals surface area contributed by atoms with Crippen molar-refractivity contribution in [3.05, 3.63) is 0 Å². The molecule has 2 aliphatic rings. The van der Waals surface area contributed by atoms with E-state index in [1.807, 2.05) is 0 Å². The lowest BCUT2D eigenvalue weighted by atomic mass is 9.84. The highest BCUT2D eigenvalue weighted by atomic mass is 35.5. The second-order valence-corrected chi connectivity index (χ2v) is 6.58. The normalized spacial score (nSPS) is 28.2. The Bertz CT molecular complexity index is 378. The van der Waals surface area contributed by atoms with Gasteiger partial charge in [0, 0.05) is 12.6 Å². The Kier molecular flexibility index (Phi) is 6.94. The van der Waals surface area contributed by atoms with Crippen LogP contribution in [0.2, 0.25) is 0 Å². The standard InChI is InChI=1S/C15H26N2O3.ClH/c1-10(13-8-11-3-4-12(13)7-11)16-14(18)9-17(2)6-5-15(19)20;/h10-13H,3-9H2,1-2H3,(H,16,18)(H,19,20);1H. The zero-order chi connectivity index (χ0) is 14.7. The Morgan fingerprint density at radius 2 is 2.05 bits per heavy atom. The van der Waals surface area contributed by atoms with Gasteiger partial charge in [-0.2, -0.15) is 0 Å². The van der Waals surface area contributed by atoms with Crippen molar-refractivity contribution < 1.29 is 14.7 Å². The van der Waals surface area contributed by atoms with E-state index in [4.69, 9.17) is 5.11 Å². The van der Waals surface area contributed by atoms with Crippen LogP contribution in [-0.4, -0.2) is 48.1 Å². The number of rotatable bonds is 7. The molecule has 0 aromatic rings. The third-order valence-electron chi connectivity index (χ3n) is 4.94. The number of aliphatic carboxylic acids is 1. The summed E-state index contributed by atoms with van der Waals surface area (Å²) >= 11 is 0. The van der Waals surface area contributed by atoms with Crippen molar-refractivity contribution in [1.82, 2.24) is 10.2 Å². The molecule has 0 spiro atoms. The minimum absolute atomic E-state index is 0. The molecule has 2 bridgehead atoms. The van der Waals surface area contributed by atoms with E-state index in [2.05, 4.69) is 12.2 Å². The average Bonchev–Trinajstić information content (AvgIpc) is 2.98. The third kappa shape index (κ3) is 5.15. The SMILES string of the molecule is CC(NC(=O)CN(C)CCC(=O)O)C1CC2CCC1C2.Cl. The van der Waals surface area contributed by atoms with Crippen LogP contribution in [0.25, 0.3) is 0 Å². The van der Waals surface area contributed by atoms with Crippen molar-refractivity contribution in [3.63, 3.8) is 0 Å². The maximum atomic E-state index is 12.0. The van der Waals surface area contributed by atoms with Crippen LogP contribution in [0, 0.1) is 17.8 Å². The number of halogens is 1. The topological polar surface area (TPSA) is 69.6 Å². The molecule has 2 N–H and O–H groups in total. The van der Waals surface area contributed by atoms with E-state index in [-0.39, 0.29) is 37.3 Å². The van der Waals surface area contributed by atoms with Gasteiger partial charge in [-0.3, -0.25) is 14.5 Å². The number of amides is 1. The second kappa shape index (κ2) is 7.99. The molecule has 4 atom stereocenters. The zero-order valence-corrected chi connectivity index (χ0v) is 13.7. The van der Waals surface area contributed by atoms with E-state index < -0.39 is 5.97 Å². The third-order valence-corrected chi connectivity index (χ3v) is 4.94. The van der Waals surface area contributed by atoms with Gasteiger partial charge in [-0.1, -0.05) is 6.42 Å². The Labute approximate surface area is 132 Å². The van der Waals surface area contributed by atoms with E-state index >= 15 is 0 Å². The fourth-order valence-electron chi connectivity index (χ4n) is 3.92. The first kappa shape index (κ1) is 18.2. The van der Waals surface area contributed by atoms with Gasteiger partial charge in [-0.15, -0.1) is 12.4 Å². The Morgan fingerprint density at radius 3 is 2.57 bits per heavy atom. The molecule has 0 radical (unpaired) electrons. The fourth-order valence-corrected chi connectivity index (χ4v) is 3.92. The molecule has 0 heterocycles. The van der Waals surface area contributed by atoms with E-state index in [1.165, 1.54) is 25.7 Å². The number of likely N-dealkylation sites (N-methyl/N-ethyl adjacent to an activating group) is 1. The molecule has 6 heteroatoms. The van der Waals surface area contributed by atoms with Crippen LogP contribution in [0.4, 0.5) is 0 Å². The molecule has 0 aromatic heterocycles.